The minimum absolute atomic E-state index is 0.0990. The molecular weight excluding hydrogens is 316 g/mol. The van der Waals surface area contributed by atoms with Gasteiger partial charge in [0, 0.05) is 11.1 Å². The van der Waals surface area contributed by atoms with E-state index in [9.17, 15) is 4.79 Å². The number of pyridine rings is 1. The molecule has 0 saturated carbocycles. The summed E-state index contributed by atoms with van der Waals surface area (Å²) in [6.07, 6.45) is 0. The van der Waals surface area contributed by atoms with E-state index in [-0.39, 0.29) is 24.7 Å². The van der Waals surface area contributed by atoms with Crippen molar-refractivity contribution in [1.82, 2.24) is 9.88 Å². The Morgan fingerprint density at radius 2 is 1.78 bits per heavy atom. The molecule has 0 fully saturated rings. The van der Waals surface area contributed by atoms with Gasteiger partial charge in [0.25, 0.3) is 5.91 Å². The predicted molar refractivity (Wildman–Crippen MR) is 82.9 cm³/mol. The summed E-state index contributed by atoms with van der Waals surface area (Å²) in [4.78, 5) is 17.5. The molecule has 1 amide bonds. The lowest BCUT2D eigenvalue weighted by Gasteiger charge is -2.15. The van der Waals surface area contributed by atoms with Gasteiger partial charge in [0.15, 0.2) is 0 Å². The van der Waals surface area contributed by atoms with E-state index in [1.807, 2.05) is 12.1 Å². The van der Waals surface area contributed by atoms with Gasteiger partial charge in [0.2, 0.25) is 5.88 Å². The van der Waals surface area contributed by atoms with Crippen LogP contribution in [0.2, 0.25) is 5.02 Å². The predicted octanol–water partition coefficient (Wildman–Crippen LogP) is 3.02. The molecule has 23 heavy (non-hydrogen) atoms. The SMILES string of the molecule is N#CCN(CC#N)C(=O)c1cccc(Oc2ccc(Cl)cc2)n1. The number of nitrogens with zero attached hydrogens (tertiary/aromatic N) is 4. The highest BCUT2D eigenvalue weighted by molar-refractivity contribution is 6.30. The zero-order valence-electron chi connectivity index (χ0n) is 11.9. The molecule has 1 heterocycles. The topological polar surface area (TPSA) is 90.0 Å². The van der Waals surface area contributed by atoms with E-state index < -0.39 is 5.91 Å². The maximum absolute atomic E-state index is 12.3. The average Bonchev–Trinajstić information content (AvgIpc) is 2.56. The van der Waals surface area contributed by atoms with Crippen molar-refractivity contribution in [2.75, 3.05) is 13.1 Å². The zero-order valence-corrected chi connectivity index (χ0v) is 12.7. The van der Waals surface area contributed by atoms with Crippen molar-refractivity contribution in [2.45, 2.75) is 0 Å². The van der Waals surface area contributed by atoms with Gasteiger partial charge in [-0.2, -0.15) is 10.5 Å². The molecular formula is C16H11ClN4O2. The summed E-state index contributed by atoms with van der Waals surface area (Å²) in [7, 11) is 0. The molecule has 0 aliphatic rings. The van der Waals surface area contributed by atoms with Crippen molar-refractivity contribution in [3.63, 3.8) is 0 Å². The number of amides is 1. The summed E-state index contributed by atoms with van der Waals surface area (Å²) in [5.74, 6) is 0.249. The first-order chi connectivity index (χ1) is 11.1. The molecule has 2 rings (SSSR count). The van der Waals surface area contributed by atoms with E-state index in [0.717, 1.165) is 4.90 Å². The van der Waals surface area contributed by atoms with Gasteiger partial charge in [-0.15, -0.1) is 0 Å². The number of halogens is 1. The summed E-state index contributed by atoms with van der Waals surface area (Å²) in [6, 6.07) is 15.1. The Morgan fingerprint density at radius 1 is 1.13 bits per heavy atom. The molecule has 0 spiro atoms. The second kappa shape index (κ2) is 7.79. The van der Waals surface area contributed by atoms with Gasteiger partial charge in [-0.25, -0.2) is 4.98 Å². The number of ether oxygens (including phenoxy) is 1. The van der Waals surface area contributed by atoms with Crippen LogP contribution in [0, 0.1) is 22.7 Å². The van der Waals surface area contributed by atoms with Crippen LogP contribution in [0.1, 0.15) is 10.5 Å². The molecule has 0 aliphatic heterocycles. The molecule has 7 heteroatoms. The van der Waals surface area contributed by atoms with Crippen LogP contribution in [0.5, 0.6) is 11.6 Å². The fourth-order valence-electron chi connectivity index (χ4n) is 1.75. The number of rotatable bonds is 5. The maximum Gasteiger partial charge on any atom is 0.274 e. The summed E-state index contributed by atoms with van der Waals surface area (Å²) < 4.78 is 5.55. The molecule has 2 aromatic rings. The lowest BCUT2D eigenvalue weighted by Crippen LogP contribution is -2.32. The first-order valence-electron chi connectivity index (χ1n) is 6.57. The molecule has 114 valence electrons. The van der Waals surface area contributed by atoms with E-state index in [1.54, 1.807) is 36.4 Å². The monoisotopic (exact) mass is 326 g/mol. The van der Waals surface area contributed by atoms with E-state index in [4.69, 9.17) is 26.9 Å². The van der Waals surface area contributed by atoms with Crippen LogP contribution >= 0.6 is 11.6 Å². The summed E-state index contributed by atoms with van der Waals surface area (Å²) in [5, 5.41) is 18.0. The van der Waals surface area contributed by atoms with Crippen molar-refractivity contribution in [3.8, 4) is 23.8 Å². The third-order valence-corrected chi connectivity index (χ3v) is 3.04. The molecule has 0 bridgehead atoms. The molecule has 0 saturated heterocycles. The third kappa shape index (κ3) is 4.44. The molecule has 6 nitrogen and oxygen atoms in total. The fraction of sp³-hybridized carbons (Fsp3) is 0.125. The first-order valence-corrected chi connectivity index (χ1v) is 6.95. The molecule has 1 aromatic heterocycles. The smallest absolute Gasteiger partial charge is 0.274 e. The summed E-state index contributed by atoms with van der Waals surface area (Å²) in [6.45, 7) is -0.368. The van der Waals surface area contributed by atoms with E-state index >= 15 is 0 Å². The molecule has 0 atom stereocenters. The highest BCUT2D eigenvalue weighted by Crippen LogP contribution is 2.21. The third-order valence-electron chi connectivity index (χ3n) is 2.79. The van der Waals surface area contributed by atoms with Gasteiger partial charge in [0.05, 0.1) is 12.1 Å². The quantitative estimate of drug-likeness (QED) is 0.788. The van der Waals surface area contributed by atoms with Gasteiger partial charge >= 0.3 is 0 Å². The van der Waals surface area contributed by atoms with Crippen LogP contribution in [0.4, 0.5) is 0 Å². The second-order valence-corrected chi connectivity index (χ2v) is 4.83. The Kier molecular flexibility index (Phi) is 5.51. The number of benzene rings is 1. The Morgan fingerprint density at radius 3 is 2.39 bits per heavy atom. The van der Waals surface area contributed by atoms with Crippen LogP contribution in [0.25, 0.3) is 0 Å². The average molecular weight is 327 g/mol. The van der Waals surface area contributed by atoms with Crippen molar-refractivity contribution < 1.29 is 9.53 Å². The molecule has 0 N–H and O–H groups in total. The van der Waals surface area contributed by atoms with Crippen LogP contribution < -0.4 is 4.74 Å². The van der Waals surface area contributed by atoms with Gasteiger partial charge in [-0.05, 0) is 30.3 Å². The second-order valence-electron chi connectivity index (χ2n) is 4.39. The molecule has 0 aliphatic carbocycles. The van der Waals surface area contributed by atoms with Crippen molar-refractivity contribution >= 4 is 17.5 Å². The van der Waals surface area contributed by atoms with Crippen molar-refractivity contribution in [3.05, 3.63) is 53.2 Å². The normalized spacial score (nSPS) is 9.52. The van der Waals surface area contributed by atoms with Crippen LogP contribution in [-0.4, -0.2) is 28.9 Å². The maximum atomic E-state index is 12.3. The van der Waals surface area contributed by atoms with Gasteiger partial charge in [0.1, 0.15) is 24.5 Å². The Balaban J connectivity index is 2.19. The Bertz CT molecular complexity index is 762. The van der Waals surface area contributed by atoms with Gasteiger partial charge in [-0.3, -0.25) is 4.79 Å². The lowest BCUT2D eigenvalue weighted by atomic mass is 10.3. The van der Waals surface area contributed by atoms with Crippen LogP contribution in [0.15, 0.2) is 42.5 Å². The molecule has 1 aromatic carbocycles. The van der Waals surface area contributed by atoms with Crippen LogP contribution in [0.3, 0.4) is 0 Å². The minimum atomic E-state index is -0.505. The lowest BCUT2D eigenvalue weighted by molar-refractivity contribution is 0.0788. The van der Waals surface area contributed by atoms with Crippen molar-refractivity contribution in [2.24, 2.45) is 0 Å². The van der Waals surface area contributed by atoms with Crippen molar-refractivity contribution in [1.29, 1.82) is 10.5 Å². The number of carbonyl (C=O) groups is 1. The minimum Gasteiger partial charge on any atom is -0.439 e. The standard InChI is InChI=1S/C16H11ClN4O2/c17-12-4-6-13(7-5-12)23-15-3-1-2-14(20-15)16(22)21(10-8-18)11-9-19/h1-7H,10-11H2. The van der Waals surface area contributed by atoms with Gasteiger partial charge < -0.3 is 9.64 Å². The van der Waals surface area contributed by atoms with E-state index in [1.165, 1.54) is 6.07 Å². The fourth-order valence-corrected chi connectivity index (χ4v) is 1.87. The van der Waals surface area contributed by atoms with E-state index in [2.05, 4.69) is 4.98 Å². The summed E-state index contributed by atoms with van der Waals surface area (Å²) in [5.41, 5.74) is 0.0990. The highest BCUT2D eigenvalue weighted by Gasteiger charge is 2.17. The summed E-state index contributed by atoms with van der Waals surface area (Å²) >= 11 is 5.80. The number of carbonyl (C=O) groups excluding carboxylic acids is 1. The first kappa shape index (κ1) is 16.3. The number of aromatic nitrogens is 1. The number of hydrogen-bond donors (Lipinski definition) is 0. The Labute approximate surface area is 138 Å². The molecule has 0 unspecified atom stereocenters. The Hall–Kier alpha value is -3.09. The number of hydrogen-bond acceptors (Lipinski definition) is 5. The number of nitriles is 2. The van der Waals surface area contributed by atoms with Gasteiger partial charge in [-0.1, -0.05) is 17.7 Å². The zero-order chi connectivity index (χ0) is 16.7. The highest BCUT2D eigenvalue weighted by atomic mass is 35.5. The molecule has 0 radical (unpaired) electrons. The van der Waals surface area contributed by atoms with E-state index in [0.29, 0.717) is 10.8 Å². The largest absolute Gasteiger partial charge is 0.439 e. The van der Waals surface area contributed by atoms with Crippen LogP contribution in [-0.2, 0) is 0 Å².